The summed E-state index contributed by atoms with van der Waals surface area (Å²) in [5, 5.41) is 3.11. The summed E-state index contributed by atoms with van der Waals surface area (Å²) in [6.07, 6.45) is 17.6. The average molecular weight is 703 g/mol. The fourth-order valence-electron chi connectivity index (χ4n) is 3.25. The van der Waals surface area contributed by atoms with Crippen LogP contribution in [0.4, 0.5) is 0 Å². The van der Waals surface area contributed by atoms with Crippen LogP contribution in [0.1, 0.15) is 12.8 Å². The van der Waals surface area contributed by atoms with E-state index in [4.69, 9.17) is 8.85 Å². The van der Waals surface area contributed by atoms with Crippen molar-refractivity contribution in [3.8, 4) is 0 Å². The Morgan fingerprint density at radius 1 is 0.667 bits per heavy atom. The zero-order chi connectivity index (χ0) is 25.1. The number of hydrogen-bond acceptors (Lipinski definition) is 2. The van der Waals surface area contributed by atoms with Crippen LogP contribution in [0.15, 0.2) is 34.7 Å². The van der Waals surface area contributed by atoms with Gasteiger partial charge in [-0.25, -0.2) is 22.5 Å². The van der Waals surface area contributed by atoms with Gasteiger partial charge in [0.1, 0.15) is 0 Å². The van der Waals surface area contributed by atoms with Gasteiger partial charge < -0.3 is 23.7 Å². The molecule has 0 atom stereocenters. The monoisotopic (exact) mass is 700 g/mol. The van der Waals surface area contributed by atoms with Crippen molar-refractivity contribution in [3.63, 3.8) is 0 Å². The Labute approximate surface area is 259 Å². The third-order valence-electron chi connectivity index (χ3n) is 5.48. The van der Waals surface area contributed by atoms with Gasteiger partial charge in [0.25, 0.3) is 0 Å². The van der Waals surface area contributed by atoms with E-state index in [1.54, 1.807) is 33.7 Å². The first-order valence-corrected chi connectivity index (χ1v) is 31.0. The zero-order valence-corrected chi connectivity index (χ0v) is 34.9. The molecule has 2 rings (SSSR count). The van der Waals surface area contributed by atoms with E-state index in [1.807, 2.05) is 6.88 Å². The molecule has 214 valence electrons. The van der Waals surface area contributed by atoms with Gasteiger partial charge in [0.05, 0.1) is 0 Å². The van der Waals surface area contributed by atoms with Crippen LogP contribution >= 0.6 is 24.8 Å². The van der Waals surface area contributed by atoms with Crippen molar-refractivity contribution in [1.82, 2.24) is 0 Å². The molecule has 0 heterocycles. The topological polar surface area (TPSA) is 18.5 Å². The first kappa shape index (κ1) is 47.2. The van der Waals surface area contributed by atoms with Crippen molar-refractivity contribution in [2.45, 2.75) is 90.4 Å². The summed E-state index contributed by atoms with van der Waals surface area (Å²) < 4.78 is 11.9. The van der Waals surface area contributed by atoms with E-state index >= 15 is 0 Å². The maximum atomic E-state index is 5.94. The van der Waals surface area contributed by atoms with E-state index < -0.39 is 32.8 Å². The molecule has 0 saturated heterocycles. The molecule has 36 heavy (non-hydrogen) atoms. The third kappa shape index (κ3) is 22.3. The SMILES string of the molecule is C[Si](C)(C)OCC[Si](C)(C)C1=CC[C-]=C1.C[Si](C)(C)OCC[Si](C)(C)C1=CC[C-]=C1.Cl.Cl.[CH3-].[CH3-].[SiH2]=[Zr]. The first-order chi connectivity index (χ1) is 14.6. The van der Waals surface area contributed by atoms with Crippen molar-refractivity contribution in [1.29, 1.82) is 0 Å². The molecular weight excluding hydrogens is 647 g/mol. The minimum absolute atomic E-state index is 0. The molecule has 2 aliphatic carbocycles. The van der Waals surface area contributed by atoms with Crippen LogP contribution in [0.25, 0.3) is 0 Å². The molecule has 0 aromatic carbocycles. The summed E-state index contributed by atoms with van der Waals surface area (Å²) >= 11 is 1.58. The normalized spacial score (nSPS) is 14.2. The van der Waals surface area contributed by atoms with Gasteiger partial charge in [-0.3, -0.25) is 12.2 Å². The van der Waals surface area contributed by atoms with Crippen LogP contribution in [0.5, 0.6) is 0 Å². The molecule has 0 saturated carbocycles. The number of hydrogen-bond donors (Lipinski definition) is 0. The molecule has 0 fully saturated rings. The number of allylic oxidation sites excluding steroid dienone is 8. The minimum atomic E-state index is -1.32. The number of halogens is 2. The summed E-state index contributed by atoms with van der Waals surface area (Å²) in [7, 11) is -5.10. The second-order valence-electron chi connectivity index (χ2n) is 11.6. The molecule has 0 aliphatic heterocycles. The predicted molar refractivity (Wildman–Crippen MR) is 180 cm³/mol. The zero-order valence-electron chi connectivity index (χ0n) is 25.4. The Hall–Kier alpha value is 1.43. The second-order valence-corrected chi connectivity index (χ2v) is 30.3. The molecule has 0 aromatic heterocycles. The van der Waals surface area contributed by atoms with Crippen LogP contribution in [0, 0.1) is 27.0 Å². The van der Waals surface area contributed by atoms with E-state index in [0.29, 0.717) is 0 Å². The Morgan fingerprint density at radius 2 is 0.944 bits per heavy atom. The molecule has 0 amide bonds. The van der Waals surface area contributed by atoms with Crippen molar-refractivity contribution < 1.29 is 32.2 Å². The summed E-state index contributed by atoms with van der Waals surface area (Å²) in [5.41, 5.74) is 0. The molecule has 0 aromatic rings. The molecule has 0 radical (unpaired) electrons. The van der Waals surface area contributed by atoms with E-state index in [0.717, 1.165) is 26.1 Å². The summed E-state index contributed by atoms with van der Waals surface area (Å²) in [5.74, 6) is 0. The van der Waals surface area contributed by atoms with Crippen molar-refractivity contribution >= 4 is 64.5 Å². The van der Waals surface area contributed by atoms with Crippen LogP contribution in [-0.2, 0) is 32.2 Å². The fraction of sp³-hybridized carbons (Fsp3) is 0.615. The number of rotatable bonds is 10. The molecule has 10 heteroatoms. The molecule has 2 nitrogen and oxygen atoms in total. The van der Waals surface area contributed by atoms with E-state index in [-0.39, 0.29) is 39.7 Å². The Balaban J connectivity index is -0.000000151. The van der Waals surface area contributed by atoms with Crippen LogP contribution in [-0.4, -0.2) is 52.9 Å². The van der Waals surface area contributed by atoms with E-state index in [9.17, 15) is 0 Å². The van der Waals surface area contributed by atoms with Gasteiger partial charge >= 0.3 is 30.2 Å². The first-order valence-electron chi connectivity index (χ1n) is 11.8. The van der Waals surface area contributed by atoms with Crippen molar-refractivity contribution in [2.75, 3.05) is 13.2 Å². The molecule has 0 N–H and O–H groups in total. The van der Waals surface area contributed by atoms with Gasteiger partial charge in [0.2, 0.25) is 0 Å². The van der Waals surface area contributed by atoms with Crippen LogP contribution in [0.2, 0.25) is 77.6 Å². The second kappa shape index (κ2) is 22.2. The van der Waals surface area contributed by atoms with Gasteiger partial charge in [-0.1, -0.05) is 26.2 Å². The van der Waals surface area contributed by atoms with E-state index in [2.05, 4.69) is 102 Å². The third-order valence-corrected chi connectivity index (χ3v) is 14.4. The summed E-state index contributed by atoms with van der Waals surface area (Å²) in [6, 6.07) is 2.47. The fourth-order valence-corrected chi connectivity index (χ4v) is 9.18. The standard InChI is InChI=1S/2C12H23OSi2.2CH3.2ClH.H2Si.Zr/c2*1-14(2,3)13-10-11-15(4,5)12-8-6-7-9-12;;;;;;/h2*8-9H,6,10-11H2,1-5H3;2*1H3;2*1H;1H2;/q4*-1;;;;. The van der Waals surface area contributed by atoms with Crippen molar-refractivity contribution in [3.05, 3.63) is 61.7 Å². The van der Waals surface area contributed by atoms with Gasteiger partial charge in [0, 0.05) is 13.2 Å². The maximum absolute atomic E-state index is 5.94. The molecule has 0 unspecified atom stereocenters. The summed E-state index contributed by atoms with van der Waals surface area (Å²) in [6.45, 7) is 27.1. The molecular formula is C26H56Cl2O2Si5Zr-4. The summed E-state index contributed by atoms with van der Waals surface area (Å²) in [4.78, 5) is 0. The molecule has 2 aliphatic rings. The predicted octanol–water partition coefficient (Wildman–Crippen LogP) is 8.38. The van der Waals surface area contributed by atoms with Crippen LogP contribution in [0.3, 0.4) is 0 Å². The quantitative estimate of drug-likeness (QED) is 0.168. The van der Waals surface area contributed by atoms with Gasteiger partial charge in [-0.2, -0.15) is 12.2 Å². The average Bonchev–Trinajstić information content (AvgIpc) is 3.36. The van der Waals surface area contributed by atoms with E-state index in [1.165, 1.54) is 12.1 Å². The van der Waals surface area contributed by atoms with Crippen LogP contribution < -0.4 is 0 Å². The van der Waals surface area contributed by atoms with Crippen molar-refractivity contribution in [2.24, 2.45) is 0 Å². The van der Waals surface area contributed by atoms with Gasteiger partial charge in [-0.15, -0.1) is 37.7 Å². The molecule has 0 bridgehead atoms. The Morgan fingerprint density at radius 3 is 1.14 bits per heavy atom. The Bertz CT molecular complexity index is 637. The molecule has 0 spiro atoms. The van der Waals surface area contributed by atoms with Gasteiger partial charge in [-0.05, 0) is 67.5 Å². The Kier molecular flexibility index (Phi) is 29.1. The van der Waals surface area contributed by atoms with Gasteiger partial charge in [0.15, 0.2) is 16.6 Å².